The first-order chi connectivity index (χ1) is 13.0. The molecule has 0 radical (unpaired) electrons. The lowest BCUT2D eigenvalue weighted by molar-refractivity contribution is -0.136. The molecule has 0 spiro atoms. The first kappa shape index (κ1) is 20.2. The Balaban J connectivity index is 1.43. The van der Waals surface area contributed by atoms with Gasteiger partial charge in [0.15, 0.2) is 0 Å². The molecule has 2 aliphatic heterocycles. The van der Waals surface area contributed by atoms with Crippen molar-refractivity contribution in [3.8, 4) is 5.75 Å². The first-order valence-corrected chi connectivity index (χ1v) is 10.4. The van der Waals surface area contributed by atoms with E-state index in [0.717, 1.165) is 31.7 Å². The second kappa shape index (κ2) is 9.56. The number of hydrogen-bond donors (Lipinski definition) is 0. The molecule has 0 N–H and O–H groups in total. The molecule has 2 aliphatic rings. The summed E-state index contributed by atoms with van der Waals surface area (Å²) in [5, 5.41) is 0. The van der Waals surface area contributed by atoms with Crippen molar-refractivity contribution < 1.29 is 9.53 Å². The number of likely N-dealkylation sites (N-methyl/N-ethyl adjacent to an activating group) is 1. The highest BCUT2D eigenvalue weighted by Gasteiger charge is 2.32. The average Bonchev–Trinajstić information content (AvgIpc) is 2.69. The molecule has 3 rings (SSSR count). The Hall–Kier alpha value is -1.59. The highest BCUT2D eigenvalue weighted by Crippen LogP contribution is 2.24. The van der Waals surface area contributed by atoms with Gasteiger partial charge in [-0.15, -0.1) is 0 Å². The van der Waals surface area contributed by atoms with Gasteiger partial charge in [-0.05, 0) is 71.4 Å². The Morgan fingerprint density at radius 1 is 1.15 bits per heavy atom. The zero-order valence-corrected chi connectivity index (χ0v) is 17.2. The number of amides is 1. The fourth-order valence-electron chi connectivity index (χ4n) is 4.26. The van der Waals surface area contributed by atoms with Crippen LogP contribution in [0.25, 0.3) is 0 Å². The Bertz CT molecular complexity index is 596. The molecule has 0 aliphatic carbocycles. The Morgan fingerprint density at radius 3 is 2.56 bits per heavy atom. The molecule has 0 aromatic heterocycles. The molecule has 2 heterocycles. The lowest BCUT2D eigenvalue weighted by Crippen LogP contribution is -2.50. The van der Waals surface area contributed by atoms with Gasteiger partial charge in [0.2, 0.25) is 5.91 Å². The van der Waals surface area contributed by atoms with Crippen LogP contribution in [0.5, 0.6) is 5.75 Å². The van der Waals surface area contributed by atoms with E-state index in [-0.39, 0.29) is 11.8 Å². The molecule has 1 aromatic rings. The second-order valence-corrected chi connectivity index (χ2v) is 8.29. The fraction of sp³-hybridized carbons (Fsp3) is 0.682. The van der Waals surface area contributed by atoms with Gasteiger partial charge in [0.05, 0.1) is 12.5 Å². The van der Waals surface area contributed by atoms with Gasteiger partial charge in [0.25, 0.3) is 0 Å². The highest BCUT2D eigenvalue weighted by molar-refractivity contribution is 5.78. The topological polar surface area (TPSA) is 36.0 Å². The molecular formula is C22H35N3O2. The van der Waals surface area contributed by atoms with E-state index in [9.17, 15) is 4.79 Å². The number of carbonyl (C=O) groups is 1. The summed E-state index contributed by atoms with van der Waals surface area (Å²) in [6.07, 6.45) is 4.62. The number of aryl methyl sites for hydroxylation is 1. The molecule has 2 saturated heterocycles. The number of piperidine rings is 2. The Labute approximate surface area is 164 Å². The SMILES string of the molecule is Cc1ccc(OCCN(C)C(=O)C2CCCN(C3CCN(C)CC3)C2)cc1. The molecule has 2 fully saturated rings. The number of hydrogen-bond acceptors (Lipinski definition) is 4. The summed E-state index contributed by atoms with van der Waals surface area (Å²) in [5.41, 5.74) is 1.22. The monoisotopic (exact) mass is 373 g/mol. The zero-order valence-electron chi connectivity index (χ0n) is 17.2. The van der Waals surface area contributed by atoms with Crippen LogP contribution in [0.1, 0.15) is 31.2 Å². The normalized spacial score (nSPS) is 22.6. The minimum Gasteiger partial charge on any atom is -0.492 e. The maximum atomic E-state index is 12.9. The summed E-state index contributed by atoms with van der Waals surface area (Å²) < 4.78 is 5.79. The minimum absolute atomic E-state index is 0.141. The van der Waals surface area contributed by atoms with Crippen LogP contribution in [0.2, 0.25) is 0 Å². The number of carbonyl (C=O) groups excluding carboxylic acids is 1. The second-order valence-electron chi connectivity index (χ2n) is 8.29. The summed E-state index contributed by atoms with van der Waals surface area (Å²) in [6.45, 7) is 7.67. The molecule has 0 bridgehead atoms. The molecule has 0 saturated carbocycles. The van der Waals surface area contributed by atoms with Crippen molar-refractivity contribution in [3.63, 3.8) is 0 Å². The van der Waals surface area contributed by atoms with Crippen LogP contribution in [0, 0.1) is 12.8 Å². The number of nitrogens with zero attached hydrogens (tertiary/aromatic N) is 3. The van der Waals surface area contributed by atoms with E-state index in [0.29, 0.717) is 19.2 Å². The van der Waals surface area contributed by atoms with Crippen molar-refractivity contribution in [3.05, 3.63) is 29.8 Å². The first-order valence-electron chi connectivity index (χ1n) is 10.4. The van der Waals surface area contributed by atoms with E-state index in [1.54, 1.807) is 0 Å². The van der Waals surface area contributed by atoms with Crippen molar-refractivity contribution in [1.82, 2.24) is 14.7 Å². The predicted octanol–water partition coefficient (Wildman–Crippen LogP) is 2.64. The molecule has 1 unspecified atom stereocenters. The minimum atomic E-state index is 0.141. The van der Waals surface area contributed by atoms with E-state index < -0.39 is 0 Å². The van der Waals surface area contributed by atoms with Crippen molar-refractivity contribution in [2.24, 2.45) is 5.92 Å². The molecule has 27 heavy (non-hydrogen) atoms. The average molecular weight is 374 g/mol. The maximum absolute atomic E-state index is 12.9. The van der Waals surface area contributed by atoms with Crippen LogP contribution in [0.15, 0.2) is 24.3 Å². The van der Waals surface area contributed by atoms with Crippen LogP contribution >= 0.6 is 0 Å². The summed E-state index contributed by atoms with van der Waals surface area (Å²) in [4.78, 5) is 19.7. The van der Waals surface area contributed by atoms with E-state index in [1.165, 1.54) is 31.5 Å². The van der Waals surface area contributed by atoms with Crippen LogP contribution in [-0.4, -0.2) is 80.1 Å². The third-order valence-electron chi connectivity index (χ3n) is 6.10. The summed E-state index contributed by atoms with van der Waals surface area (Å²) in [7, 11) is 4.11. The van der Waals surface area contributed by atoms with Crippen LogP contribution < -0.4 is 4.74 Å². The third kappa shape index (κ3) is 5.69. The molecule has 1 amide bonds. The molecule has 1 atom stereocenters. The largest absolute Gasteiger partial charge is 0.492 e. The van der Waals surface area contributed by atoms with Gasteiger partial charge in [0.1, 0.15) is 12.4 Å². The summed E-state index contributed by atoms with van der Waals surface area (Å²) >= 11 is 0. The predicted molar refractivity (Wildman–Crippen MR) is 109 cm³/mol. The van der Waals surface area contributed by atoms with Crippen molar-refractivity contribution >= 4 is 5.91 Å². The van der Waals surface area contributed by atoms with Gasteiger partial charge in [-0.3, -0.25) is 9.69 Å². The number of benzene rings is 1. The van der Waals surface area contributed by atoms with Crippen molar-refractivity contribution in [2.45, 2.75) is 38.6 Å². The van der Waals surface area contributed by atoms with Gasteiger partial charge in [-0.2, -0.15) is 0 Å². The lowest BCUT2D eigenvalue weighted by atomic mass is 9.93. The number of rotatable bonds is 6. The van der Waals surface area contributed by atoms with Gasteiger partial charge >= 0.3 is 0 Å². The van der Waals surface area contributed by atoms with E-state index in [1.807, 2.05) is 36.2 Å². The number of likely N-dealkylation sites (tertiary alicyclic amines) is 2. The van der Waals surface area contributed by atoms with E-state index >= 15 is 0 Å². The van der Waals surface area contributed by atoms with Gasteiger partial charge < -0.3 is 14.5 Å². The Morgan fingerprint density at radius 2 is 1.85 bits per heavy atom. The van der Waals surface area contributed by atoms with E-state index in [4.69, 9.17) is 4.74 Å². The Kier molecular flexibility index (Phi) is 7.13. The van der Waals surface area contributed by atoms with Gasteiger partial charge in [-0.25, -0.2) is 0 Å². The van der Waals surface area contributed by atoms with Crippen LogP contribution in [0.3, 0.4) is 0 Å². The van der Waals surface area contributed by atoms with Crippen LogP contribution in [-0.2, 0) is 4.79 Å². The fourth-order valence-corrected chi connectivity index (χ4v) is 4.26. The van der Waals surface area contributed by atoms with Gasteiger partial charge in [0, 0.05) is 19.6 Å². The van der Waals surface area contributed by atoms with Crippen molar-refractivity contribution in [2.75, 3.05) is 53.4 Å². The van der Waals surface area contributed by atoms with Crippen molar-refractivity contribution in [1.29, 1.82) is 0 Å². The molecule has 5 nitrogen and oxygen atoms in total. The van der Waals surface area contributed by atoms with Gasteiger partial charge in [-0.1, -0.05) is 17.7 Å². The van der Waals surface area contributed by atoms with Crippen LogP contribution in [0.4, 0.5) is 0 Å². The molecular weight excluding hydrogens is 338 g/mol. The summed E-state index contributed by atoms with van der Waals surface area (Å²) in [6, 6.07) is 8.72. The smallest absolute Gasteiger partial charge is 0.226 e. The lowest BCUT2D eigenvalue weighted by Gasteiger charge is -2.41. The standard InChI is InChI=1S/C22H35N3O2/c1-18-6-8-21(9-7-18)27-16-15-24(3)22(26)19-5-4-12-25(17-19)20-10-13-23(2)14-11-20/h6-9,19-20H,4-5,10-17H2,1-3H3. The van der Waals surface area contributed by atoms with E-state index in [2.05, 4.69) is 23.8 Å². The molecule has 5 heteroatoms. The number of ether oxygens (including phenoxy) is 1. The maximum Gasteiger partial charge on any atom is 0.226 e. The summed E-state index contributed by atoms with van der Waals surface area (Å²) in [5.74, 6) is 1.29. The highest BCUT2D eigenvalue weighted by atomic mass is 16.5. The molecule has 1 aromatic carbocycles. The zero-order chi connectivity index (χ0) is 19.2. The quantitative estimate of drug-likeness (QED) is 0.768. The third-order valence-corrected chi connectivity index (χ3v) is 6.10. The molecule has 150 valence electrons.